The second-order valence-corrected chi connectivity index (χ2v) is 7.86. The molecule has 1 aromatic carbocycles. The number of aryl methyl sites for hydroxylation is 1. The van der Waals surface area contributed by atoms with Gasteiger partial charge in [0.05, 0.1) is 10.8 Å². The van der Waals surface area contributed by atoms with E-state index < -0.39 is 0 Å². The number of thioether (sulfide) groups is 2. The lowest BCUT2D eigenvalue weighted by atomic mass is 10.2. The molecule has 2 heterocycles. The van der Waals surface area contributed by atoms with Crippen molar-refractivity contribution in [2.45, 2.75) is 29.4 Å². The summed E-state index contributed by atoms with van der Waals surface area (Å²) in [5.74, 6) is 1.79. The molecule has 1 N–H and O–H groups in total. The van der Waals surface area contributed by atoms with Gasteiger partial charge in [0.1, 0.15) is 5.82 Å². The molecular formula is C20H21N5OS2. The van der Waals surface area contributed by atoms with E-state index >= 15 is 0 Å². The predicted molar refractivity (Wildman–Crippen MR) is 115 cm³/mol. The molecule has 0 aliphatic carbocycles. The minimum Gasteiger partial charge on any atom is -0.325 e. The number of allylic oxidation sites excluding steroid dienone is 1. The third-order valence-corrected chi connectivity index (χ3v) is 5.76. The van der Waals surface area contributed by atoms with Gasteiger partial charge in [-0.2, -0.15) is 0 Å². The van der Waals surface area contributed by atoms with Crippen molar-refractivity contribution in [3.63, 3.8) is 0 Å². The SMILES string of the molecule is C=CCn1c(C)nnc1SCC(=O)Nc1cccc(CSc2ccccn2)c1. The Morgan fingerprint density at radius 1 is 1.21 bits per heavy atom. The van der Waals surface area contributed by atoms with Crippen molar-refractivity contribution in [3.05, 3.63) is 72.7 Å². The van der Waals surface area contributed by atoms with Crippen molar-refractivity contribution in [2.24, 2.45) is 0 Å². The van der Waals surface area contributed by atoms with Crippen LogP contribution in [-0.4, -0.2) is 31.4 Å². The van der Waals surface area contributed by atoms with E-state index in [1.54, 1.807) is 24.0 Å². The number of anilines is 1. The predicted octanol–water partition coefficient (Wildman–Crippen LogP) is 4.19. The van der Waals surface area contributed by atoms with Gasteiger partial charge in [-0.05, 0) is 36.8 Å². The van der Waals surface area contributed by atoms with Gasteiger partial charge >= 0.3 is 0 Å². The number of carbonyl (C=O) groups is 1. The average molecular weight is 412 g/mol. The largest absolute Gasteiger partial charge is 0.325 e. The highest BCUT2D eigenvalue weighted by Crippen LogP contribution is 2.22. The number of carbonyl (C=O) groups excluding carboxylic acids is 1. The summed E-state index contributed by atoms with van der Waals surface area (Å²) in [6.07, 6.45) is 3.57. The van der Waals surface area contributed by atoms with Crippen molar-refractivity contribution < 1.29 is 4.79 Å². The van der Waals surface area contributed by atoms with Gasteiger partial charge in [-0.1, -0.05) is 36.0 Å². The standard InChI is InChI=1S/C20H21N5OS2/c1-3-11-25-15(2)23-24-20(25)28-14-18(26)22-17-8-6-7-16(12-17)13-27-19-9-4-5-10-21-19/h3-10,12H,1,11,13-14H2,2H3,(H,22,26). The lowest BCUT2D eigenvalue weighted by Gasteiger charge is -2.08. The van der Waals surface area contributed by atoms with Crippen LogP contribution in [0.1, 0.15) is 11.4 Å². The normalized spacial score (nSPS) is 10.6. The molecule has 6 nitrogen and oxygen atoms in total. The Balaban J connectivity index is 1.53. The van der Waals surface area contributed by atoms with E-state index in [0.29, 0.717) is 11.7 Å². The number of rotatable bonds is 9. The molecule has 144 valence electrons. The van der Waals surface area contributed by atoms with Crippen LogP contribution in [0.5, 0.6) is 0 Å². The number of hydrogen-bond donors (Lipinski definition) is 1. The second kappa shape index (κ2) is 10.1. The van der Waals surface area contributed by atoms with Crippen LogP contribution in [0, 0.1) is 6.92 Å². The molecule has 0 fully saturated rings. The van der Waals surface area contributed by atoms with Crippen molar-refractivity contribution in [3.8, 4) is 0 Å². The van der Waals surface area contributed by atoms with Crippen LogP contribution in [0.25, 0.3) is 0 Å². The van der Waals surface area contributed by atoms with E-state index in [2.05, 4.69) is 27.1 Å². The number of benzene rings is 1. The molecule has 3 aromatic rings. The highest BCUT2D eigenvalue weighted by Gasteiger charge is 2.11. The zero-order chi connectivity index (χ0) is 19.8. The van der Waals surface area contributed by atoms with Gasteiger partial charge in [-0.3, -0.25) is 4.79 Å². The Morgan fingerprint density at radius 3 is 2.89 bits per heavy atom. The van der Waals surface area contributed by atoms with Crippen LogP contribution in [0.4, 0.5) is 5.69 Å². The van der Waals surface area contributed by atoms with Gasteiger partial charge in [0, 0.05) is 24.2 Å². The van der Waals surface area contributed by atoms with Crippen molar-refractivity contribution >= 4 is 35.1 Å². The van der Waals surface area contributed by atoms with E-state index in [1.165, 1.54) is 11.8 Å². The summed E-state index contributed by atoms with van der Waals surface area (Å²) in [6, 6.07) is 13.7. The Kier molecular flexibility index (Phi) is 7.27. The first-order chi connectivity index (χ1) is 13.7. The fourth-order valence-corrected chi connectivity index (χ4v) is 4.06. The monoisotopic (exact) mass is 411 g/mol. The Morgan fingerprint density at radius 2 is 2.11 bits per heavy atom. The molecule has 0 spiro atoms. The van der Waals surface area contributed by atoms with Gasteiger partial charge in [0.15, 0.2) is 5.16 Å². The summed E-state index contributed by atoms with van der Waals surface area (Å²) in [4.78, 5) is 16.6. The highest BCUT2D eigenvalue weighted by atomic mass is 32.2. The zero-order valence-electron chi connectivity index (χ0n) is 15.5. The summed E-state index contributed by atoms with van der Waals surface area (Å²) >= 11 is 3.03. The molecule has 3 rings (SSSR count). The van der Waals surface area contributed by atoms with Crippen LogP contribution < -0.4 is 5.32 Å². The molecule has 0 aliphatic heterocycles. The van der Waals surface area contributed by atoms with Gasteiger partial charge < -0.3 is 9.88 Å². The van der Waals surface area contributed by atoms with E-state index in [9.17, 15) is 4.79 Å². The van der Waals surface area contributed by atoms with Gasteiger partial charge in [0.25, 0.3) is 0 Å². The average Bonchev–Trinajstić information content (AvgIpc) is 3.06. The smallest absolute Gasteiger partial charge is 0.234 e. The molecule has 2 aromatic heterocycles. The van der Waals surface area contributed by atoms with E-state index in [0.717, 1.165) is 27.9 Å². The number of nitrogens with zero attached hydrogens (tertiary/aromatic N) is 4. The van der Waals surface area contributed by atoms with E-state index in [-0.39, 0.29) is 11.7 Å². The molecule has 0 unspecified atom stereocenters. The summed E-state index contributed by atoms with van der Waals surface area (Å²) in [5.41, 5.74) is 1.91. The third-order valence-electron chi connectivity index (χ3n) is 3.78. The number of pyridine rings is 1. The fraction of sp³-hybridized carbons (Fsp3) is 0.200. The summed E-state index contributed by atoms with van der Waals surface area (Å²) in [7, 11) is 0. The van der Waals surface area contributed by atoms with E-state index in [4.69, 9.17) is 0 Å². The van der Waals surface area contributed by atoms with Crippen molar-refractivity contribution in [2.75, 3.05) is 11.1 Å². The molecule has 8 heteroatoms. The number of nitrogens with one attached hydrogen (secondary N) is 1. The minimum absolute atomic E-state index is 0.0784. The van der Waals surface area contributed by atoms with Crippen LogP contribution >= 0.6 is 23.5 Å². The van der Waals surface area contributed by atoms with Crippen LogP contribution in [0.15, 0.2) is 71.5 Å². The fourth-order valence-electron chi connectivity index (χ4n) is 2.46. The van der Waals surface area contributed by atoms with Gasteiger partial charge in [-0.25, -0.2) is 4.98 Å². The molecular weight excluding hydrogens is 390 g/mol. The van der Waals surface area contributed by atoms with Gasteiger partial charge in [0.2, 0.25) is 5.91 Å². The topological polar surface area (TPSA) is 72.7 Å². The maximum atomic E-state index is 12.3. The maximum absolute atomic E-state index is 12.3. The molecule has 0 atom stereocenters. The lowest BCUT2D eigenvalue weighted by Crippen LogP contribution is -2.14. The van der Waals surface area contributed by atoms with Crippen LogP contribution in [0.3, 0.4) is 0 Å². The quantitative estimate of drug-likeness (QED) is 0.420. The second-order valence-electron chi connectivity index (χ2n) is 5.92. The Labute approximate surface area is 172 Å². The molecule has 0 bridgehead atoms. The Hall–Kier alpha value is -2.58. The lowest BCUT2D eigenvalue weighted by molar-refractivity contribution is -0.113. The first-order valence-corrected chi connectivity index (χ1v) is 10.7. The minimum atomic E-state index is -0.0784. The number of hydrogen-bond acceptors (Lipinski definition) is 6. The van der Waals surface area contributed by atoms with Gasteiger partial charge in [-0.15, -0.1) is 28.5 Å². The highest BCUT2D eigenvalue weighted by molar-refractivity contribution is 7.99. The molecule has 1 amide bonds. The number of amides is 1. The number of aromatic nitrogens is 4. The summed E-state index contributed by atoms with van der Waals surface area (Å²) < 4.78 is 1.93. The Bertz CT molecular complexity index is 943. The van der Waals surface area contributed by atoms with Crippen molar-refractivity contribution in [1.82, 2.24) is 19.7 Å². The maximum Gasteiger partial charge on any atom is 0.234 e. The molecule has 0 saturated carbocycles. The van der Waals surface area contributed by atoms with Crippen molar-refractivity contribution in [1.29, 1.82) is 0 Å². The third kappa shape index (κ3) is 5.71. The van der Waals surface area contributed by atoms with Crippen LogP contribution in [-0.2, 0) is 17.1 Å². The van der Waals surface area contributed by atoms with Crippen LogP contribution in [0.2, 0.25) is 0 Å². The molecule has 0 aliphatic rings. The molecule has 0 saturated heterocycles. The molecule has 0 radical (unpaired) electrons. The first-order valence-electron chi connectivity index (χ1n) is 8.72. The van der Waals surface area contributed by atoms with E-state index in [1.807, 2.05) is 54.0 Å². The zero-order valence-corrected chi connectivity index (χ0v) is 17.2. The summed E-state index contributed by atoms with van der Waals surface area (Å²) in [5, 5.41) is 12.8. The summed E-state index contributed by atoms with van der Waals surface area (Å²) in [6.45, 7) is 6.25. The molecule has 28 heavy (non-hydrogen) atoms. The first kappa shape index (κ1) is 20.2.